The lowest BCUT2D eigenvalue weighted by molar-refractivity contribution is 0.633. The van der Waals surface area contributed by atoms with Gasteiger partial charge in [-0.25, -0.2) is 0 Å². The summed E-state index contributed by atoms with van der Waals surface area (Å²) in [6.45, 7) is 0. The van der Waals surface area contributed by atoms with Crippen molar-refractivity contribution in [1.82, 2.24) is 0 Å². The number of furan rings is 1. The van der Waals surface area contributed by atoms with Crippen LogP contribution in [0, 0.1) is 0 Å². The zero-order valence-corrected chi connectivity index (χ0v) is 25.7. The van der Waals surface area contributed by atoms with Gasteiger partial charge in [-0.3, -0.25) is 0 Å². The molecule has 0 saturated carbocycles. The summed E-state index contributed by atoms with van der Waals surface area (Å²) in [5.74, 6) is 0.157. The SMILES string of the molecule is [2H]c1c([2H])c([2H])c(-c2cccc3c(-c4c5c([2H])c([2H])c([2H])c([2H])c5c(-c5ccccc5)c5c([2H])c([2H])c([2H])c([2H])c45)c(-c4ccc5ccc6ccccc6c5c4)oc23)c([2H])c1[2H]. The topological polar surface area (TPSA) is 13.1 Å². The van der Waals surface area contributed by atoms with Crippen LogP contribution in [0.5, 0.6) is 0 Å². The molecule has 1 heteroatoms. The van der Waals surface area contributed by atoms with E-state index in [0.29, 0.717) is 16.5 Å². The fourth-order valence-corrected chi connectivity index (χ4v) is 7.06. The molecule has 1 nitrogen and oxygen atoms in total. The molecule has 10 rings (SSSR count). The minimum atomic E-state index is -0.570. The zero-order valence-electron chi connectivity index (χ0n) is 38.7. The van der Waals surface area contributed by atoms with E-state index in [1.807, 2.05) is 54.6 Å². The van der Waals surface area contributed by atoms with Crippen molar-refractivity contribution in [3.8, 4) is 44.7 Å². The first-order valence-electron chi connectivity index (χ1n) is 22.3. The van der Waals surface area contributed by atoms with E-state index in [9.17, 15) is 5.48 Å². The highest BCUT2D eigenvalue weighted by atomic mass is 16.3. The minimum absolute atomic E-state index is 0.0178. The summed E-state index contributed by atoms with van der Waals surface area (Å²) < 4.78 is 124. The number of rotatable bonds is 4. The molecule has 228 valence electrons. The van der Waals surface area contributed by atoms with Gasteiger partial charge in [0, 0.05) is 27.6 Å². The molecule has 0 N–H and O–H groups in total. The molecule has 10 aromatic rings. The highest BCUT2D eigenvalue weighted by Gasteiger charge is 2.25. The minimum Gasteiger partial charge on any atom is -0.455 e. The van der Waals surface area contributed by atoms with E-state index in [1.54, 1.807) is 48.5 Å². The average Bonchev–Trinajstić information content (AvgIpc) is 3.69. The van der Waals surface area contributed by atoms with Crippen LogP contribution in [0.3, 0.4) is 0 Å². The van der Waals surface area contributed by atoms with E-state index < -0.39 is 78.6 Å². The fraction of sp³-hybridized carbons (Fsp3) is 0. The molecular weight excluding hydrogens is 593 g/mol. The number of para-hydroxylation sites is 1. The van der Waals surface area contributed by atoms with Crippen LogP contribution in [0.15, 0.2) is 186 Å². The Morgan fingerprint density at radius 2 is 0.959 bits per heavy atom. The Kier molecular flexibility index (Phi) is 3.99. The van der Waals surface area contributed by atoms with Crippen LogP contribution in [-0.4, -0.2) is 0 Å². The van der Waals surface area contributed by atoms with E-state index in [2.05, 4.69) is 0 Å². The van der Waals surface area contributed by atoms with E-state index in [4.69, 9.17) is 16.8 Å². The molecule has 1 heterocycles. The molecular formula is C48H30O. The van der Waals surface area contributed by atoms with Gasteiger partial charge in [0.2, 0.25) is 0 Å². The highest BCUT2D eigenvalue weighted by Crippen LogP contribution is 2.51. The van der Waals surface area contributed by atoms with Gasteiger partial charge in [-0.15, -0.1) is 0 Å². The van der Waals surface area contributed by atoms with Gasteiger partial charge in [-0.1, -0.05) is 176 Å². The molecule has 0 atom stereocenters. The summed E-state index contributed by atoms with van der Waals surface area (Å²) in [6.07, 6.45) is 0. The molecule has 0 radical (unpaired) electrons. The lowest BCUT2D eigenvalue weighted by Gasteiger charge is -2.18. The fourth-order valence-electron chi connectivity index (χ4n) is 7.06. The molecule has 0 bridgehead atoms. The summed E-state index contributed by atoms with van der Waals surface area (Å²) in [4.78, 5) is 0. The maximum absolute atomic E-state index is 9.58. The van der Waals surface area contributed by atoms with Crippen LogP contribution < -0.4 is 0 Å². The van der Waals surface area contributed by atoms with Crippen molar-refractivity contribution in [3.05, 3.63) is 182 Å². The van der Waals surface area contributed by atoms with Crippen molar-refractivity contribution < 1.29 is 22.2 Å². The first-order valence-corrected chi connectivity index (χ1v) is 15.8. The largest absolute Gasteiger partial charge is 0.455 e. The Bertz CT molecular complexity index is 3510. The first kappa shape index (κ1) is 17.6. The Morgan fingerprint density at radius 1 is 0.367 bits per heavy atom. The number of benzene rings is 9. The van der Waals surface area contributed by atoms with Gasteiger partial charge in [-0.05, 0) is 65.8 Å². The molecule has 0 unspecified atom stereocenters. The predicted octanol–water partition coefficient (Wildman–Crippen LogP) is 13.7. The van der Waals surface area contributed by atoms with Gasteiger partial charge in [0.1, 0.15) is 11.3 Å². The molecule has 0 aliphatic heterocycles. The highest BCUT2D eigenvalue weighted by molar-refractivity contribution is 6.25. The number of hydrogen-bond donors (Lipinski definition) is 0. The second kappa shape index (κ2) is 11.1. The van der Waals surface area contributed by atoms with Crippen LogP contribution in [0.2, 0.25) is 0 Å². The summed E-state index contributed by atoms with van der Waals surface area (Å²) in [7, 11) is 0. The lowest BCUT2D eigenvalue weighted by atomic mass is 9.84. The van der Waals surface area contributed by atoms with Crippen molar-refractivity contribution in [1.29, 1.82) is 0 Å². The van der Waals surface area contributed by atoms with Gasteiger partial charge >= 0.3 is 0 Å². The van der Waals surface area contributed by atoms with E-state index in [-0.39, 0.29) is 60.7 Å². The molecule has 0 spiro atoms. The van der Waals surface area contributed by atoms with Crippen molar-refractivity contribution in [2.24, 2.45) is 0 Å². The summed E-state index contributed by atoms with van der Waals surface area (Å²) >= 11 is 0. The third-order valence-corrected chi connectivity index (χ3v) is 9.18. The van der Waals surface area contributed by atoms with Crippen LogP contribution in [-0.2, 0) is 0 Å². The Morgan fingerprint density at radius 3 is 1.69 bits per heavy atom. The number of fused-ring (bicyclic) bond motifs is 6. The third kappa shape index (κ3) is 4.33. The van der Waals surface area contributed by atoms with E-state index in [1.165, 1.54) is 0 Å². The van der Waals surface area contributed by atoms with Crippen molar-refractivity contribution >= 4 is 54.1 Å². The van der Waals surface area contributed by atoms with Crippen LogP contribution in [0.25, 0.3) is 98.8 Å². The second-order valence-corrected chi connectivity index (χ2v) is 11.8. The maximum Gasteiger partial charge on any atom is 0.143 e. The van der Waals surface area contributed by atoms with Gasteiger partial charge in [0.05, 0.1) is 17.8 Å². The smallest absolute Gasteiger partial charge is 0.143 e. The molecule has 9 aromatic carbocycles. The van der Waals surface area contributed by atoms with Gasteiger partial charge in [-0.2, -0.15) is 0 Å². The maximum atomic E-state index is 9.58. The second-order valence-electron chi connectivity index (χ2n) is 11.8. The predicted molar refractivity (Wildman–Crippen MR) is 208 cm³/mol. The lowest BCUT2D eigenvalue weighted by Crippen LogP contribution is -1.91. The standard InChI is InChI=1S/C48H30O/c1-3-14-31(15-4-1)37-24-13-25-42-46(47(49-48(37)42)35-29-28-33-27-26-32-16-7-8-19-36(32)43(33)30-35)45-40-22-11-9-20-38(40)44(34-17-5-2-6-18-34)39-21-10-12-23-41(39)45/h1-30H/i1D,3D,4D,9D,10D,11D,12D,14D,15D,20D,21D,22D,23D. The van der Waals surface area contributed by atoms with Crippen LogP contribution >= 0.6 is 0 Å². The molecule has 49 heavy (non-hydrogen) atoms. The van der Waals surface area contributed by atoms with Crippen LogP contribution in [0.1, 0.15) is 17.8 Å². The van der Waals surface area contributed by atoms with Gasteiger partial charge in [0.15, 0.2) is 0 Å². The Hall–Kier alpha value is -6.44. The Labute approximate surface area is 302 Å². The average molecular weight is 636 g/mol. The monoisotopic (exact) mass is 635 g/mol. The van der Waals surface area contributed by atoms with Crippen molar-refractivity contribution in [2.75, 3.05) is 0 Å². The van der Waals surface area contributed by atoms with Gasteiger partial charge in [0.25, 0.3) is 0 Å². The summed E-state index contributed by atoms with van der Waals surface area (Å²) in [5.41, 5.74) is 1.55. The van der Waals surface area contributed by atoms with Crippen molar-refractivity contribution in [3.63, 3.8) is 0 Å². The zero-order chi connectivity index (χ0) is 43.6. The van der Waals surface area contributed by atoms with E-state index in [0.717, 1.165) is 21.5 Å². The summed E-state index contributed by atoms with van der Waals surface area (Å²) in [5, 5.41) is 4.01. The third-order valence-electron chi connectivity index (χ3n) is 9.18. The normalized spacial score (nSPS) is 15.4. The Balaban J connectivity index is 1.49. The molecule has 0 amide bonds. The number of hydrogen-bond acceptors (Lipinski definition) is 1. The first-order chi connectivity index (χ1) is 29.7. The van der Waals surface area contributed by atoms with Gasteiger partial charge < -0.3 is 4.42 Å². The van der Waals surface area contributed by atoms with E-state index >= 15 is 0 Å². The molecule has 0 aliphatic carbocycles. The quantitative estimate of drug-likeness (QED) is 0.139. The molecule has 0 saturated heterocycles. The molecule has 1 aromatic heterocycles. The summed E-state index contributed by atoms with van der Waals surface area (Å²) in [6, 6.07) is 24.6. The molecule has 0 aliphatic rings. The van der Waals surface area contributed by atoms with Crippen LogP contribution in [0.4, 0.5) is 0 Å². The molecule has 0 fully saturated rings. The van der Waals surface area contributed by atoms with Crippen molar-refractivity contribution in [2.45, 2.75) is 0 Å².